The Kier molecular flexibility index (Phi) is 3.45. The lowest BCUT2D eigenvalue weighted by atomic mass is 10.3. The topological polar surface area (TPSA) is 82.5 Å². The van der Waals surface area contributed by atoms with Crippen LogP contribution in [0.5, 0.6) is 5.75 Å². The number of likely N-dealkylation sites (N-methyl/N-ethyl adjacent to an activating group) is 1. The maximum atomic E-state index is 11.9. The number of carbonyl (C=O) groups excluding carboxylic acids is 2. The number of aromatic hydroxyl groups is 1. The zero-order valence-electron chi connectivity index (χ0n) is 10.1. The highest BCUT2D eigenvalue weighted by atomic mass is 16.3. The summed E-state index contributed by atoms with van der Waals surface area (Å²) in [5.74, 6) is -0.847. The summed E-state index contributed by atoms with van der Waals surface area (Å²) in [5.41, 5.74) is -0.0424. The lowest BCUT2D eigenvalue weighted by Gasteiger charge is -2.16. The van der Waals surface area contributed by atoms with Crippen molar-refractivity contribution < 1.29 is 14.7 Å². The van der Waals surface area contributed by atoms with Crippen molar-refractivity contribution >= 4 is 11.8 Å². The molecule has 0 radical (unpaired) electrons. The molecule has 0 bridgehead atoms. The van der Waals surface area contributed by atoms with Crippen LogP contribution in [0.3, 0.4) is 0 Å². The largest absolute Gasteiger partial charge is 0.505 e. The van der Waals surface area contributed by atoms with Gasteiger partial charge < -0.3 is 15.3 Å². The third-order valence-corrected chi connectivity index (χ3v) is 2.66. The first-order valence-electron chi connectivity index (χ1n) is 5.76. The van der Waals surface area contributed by atoms with E-state index in [4.69, 9.17) is 0 Å². The summed E-state index contributed by atoms with van der Waals surface area (Å²) in [4.78, 5) is 28.5. The molecule has 2 rings (SSSR count). The van der Waals surface area contributed by atoms with Crippen molar-refractivity contribution in [2.24, 2.45) is 0 Å². The van der Waals surface area contributed by atoms with Gasteiger partial charge in [0.1, 0.15) is 5.75 Å². The highest BCUT2D eigenvalue weighted by molar-refractivity contribution is 5.96. The fraction of sp³-hybridized carbons (Fsp3) is 0.417. The second-order valence-electron chi connectivity index (χ2n) is 4.37. The molecule has 96 valence electrons. The average Bonchev–Trinajstić information content (AvgIpc) is 3.12. The average molecular weight is 249 g/mol. The second-order valence-corrected chi connectivity index (χ2v) is 4.37. The molecule has 6 heteroatoms. The Morgan fingerprint density at radius 2 is 2.28 bits per heavy atom. The van der Waals surface area contributed by atoms with Gasteiger partial charge in [0.25, 0.3) is 5.91 Å². The van der Waals surface area contributed by atoms with Crippen LogP contribution in [0.4, 0.5) is 0 Å². The summed E-state index contributed by atoms with van der Waals surface area (Å²) < 4.78 is 0. The number of hydrogen-bond acceptors (Lipinski definition) is 4. The van der Waals surface area contributed by atoms with Gasteiger partial charge in [-0.2, -0.15) is 0 Å². The quantitative estimate of drug-likeness (QED) is 0.795. The normalized spacial score (nSPS) is 14.1. The molecule has 18 heavy (non-hydrogen) atoms. The molecule has 0 spiro atoms. The van der Waals surface area contributed by atoms with Gasteiger partial charge in [-0.1, -0.05) is 0 Å². The molecule has 1 aliphatic rings. The molecule has 6 nitrogen and oxygen atoms in total. The zero-order chi connectivity index (χ0) is 13.1. The monoisotopic (exact) mass is 249 g/mol. The van der Waals surface area contributed by atoms with Crippen molar-refractivity contribution in [3.8, 4) is 5.75 Å². The molecular weight excluding hydrogens is 234 g/mol. The van der Waals surface area contributed by atoms with Crippen molar-refractivity contribution in [1.82, 2.24) is 15.2 Å². The van der Waals surface area contributed by atoms with Gasteiger partial charge in [-0.05, 0) is 25.0 Å². The summed E-state index contributed by atoms with van der Waals surface area (Å²) in [6.07, 6.45) is 3.43. The molecule has 1 saturated carbocycles. The molecule has 1 fully saturated rings. The fourth-order valence-corrected chi connectivity index (χ4v) is 1.53. The van der Waals surface area contributed by atoms with Gasteiger partial charge >= 0.3 is 0 Å². The van der Waals surface area contributed by atoms with Crippen LogP contribution in [0, 0.1) is 0 Å². The van der Waals surface area contributed by atoms with Crippen LogP contribution in [-0.4, -0.2) is 46.4 Å². The van der Waals surface area contributed by atoms with E-state index < -0.39 is 5.91 Å². The summed E-state index contributed by atoms with van der Waals surface area (Å²) in [7, 11) is 1.50. The molecule has 0 aliphatic heterocycles. The van der Waals surface area contributed by atoms with E-state index in [0.29, 0.717) is 0 Å². The van der Waals surface area contributed by atoms with Crippen LogP contribution in [0.2, 0.25) is 0 Å². The molecule has 0 atom stereocenters. The van der Waals surface area contributed by atoms with E-state index in [2.05, 4.69) is 10.3 Å². The van der Waals surface area contributed by atoms with Gasteiger partial charge in [-0.15, -0.1) is 0 Å². The van der Waals surface area contributed by atoms with Crippen molar-refractivity contribution in [3.05, 3.63) is 24.0 Å². The number of rotatable bonds is 4. The Labute approximate surface area is 105 Å². The number of hydrogen-bond donors (Lipinski definition) is 2. The van der Waals surface area contributed by atoms with Crippen molar-refractivity contribution in [2.75, 3.05) is 13.6 Å². The Bertz CT molecular complexity index is 471. The molecule has 1 aromatic rings. The van der Waals surface area contributed by atoms with Crippen LogP contribution < -0.4 is 5.32 Å². The summed E-state index contributed by atoms with van der Waals surface area (Å²) in [6.45, 7) is -0.0364. The molecule has 1 aromatic heterocycles. The number of aromatic nitrogens is 1. The first-order valence-corrected chi connectivity index (χ1v) is 5.76. The molecule has 0 saturated heterocycles. The Balaban J connectivity index is 1.95. The molecule has 2 amide bonds. The highest BCUT2D eigenvalue weighted by Crippen LogP contribution is 2.18. The van der Waals surface area contributed by atoms with Crippen molar-refractivity contribution in [3.63, 3.8) is 0 Å². The fourth-order valence-electron chi connectivity index (χ4n) is 1.53. The van der Waals surface area contributed by atoms with E-state index in [0.717, 1.165) is 12.8 Å². The van der Waals surface area contributed by atoms with Crippen molar-refractivity contribution in [2.45, 2.75) is 18.9 Å². The SMILES string of the molecule is CN(CC(=O)NC1CC1)C(=O)c1ncccc1O. The molecule has 1 heterocycles. The smallest absolute Gasteiger partial charge is 0.276 e. The molecule has 1 aliphatic carbocycles. The zero-order valence-corrected chi connectivity index (χ0v) is 10.1. The van der Waals surface area contributed by atoms with E-state index in [1.54, 1.807) is 0 Å². The van der Waals surface area contributed by atoms with E-state index in [9.17, 15) is 14.7 Å². The minimum Gasteiger partial charge on any atom is -0.505 e. The highest BCUT2D eigenvalue weighted by Gasteiger charge is 2.25. The molecular formula is C12H15N3O3. The van der Waals surface area contributed by atoms with Gasteiger partial charge in [0.15, 0.2) is 5.69 Å². The van der Waals surface area contributed by atoms with Crippen LogP contribution in [0.15, 0.2) is 18.3 Å². The Hall–Kier alpha value is -2.11. The van der Waals surface area contributed by atoms with E-state index in [1.165, 1.54) is 30.3 Å². The summed E-state index contributed by atoms with van der Waals surface area (Å²) >= 11 is 0. The lowest BCUT2D eigenvalue weighted by molar-refractivity contribution is -0.121. The minimum absolute atomic E-state index is 0.0364. The van der Waals surface area contributed by atoms with Crippen LogP contribution in [0.25, 0.3) is 0 Å². The Morgan fingerprint density at radius 1 is 1.56 bits per heavy atom. The molecule has 2 N–H and O–H groups in total. The van der Waals surface area contributed by atoms with E-state index in [-0.39, 0.29) is 29.9 Å². The Morgan fingerprint density at radius 3 is 2.89 bits per heavy atom. The minimum atomic E-state index is -0.473. The first kappa shape index (κ1) is 12.3. The maximum absolute atomic E-state index is 11.9. The third kappa shape index (κ3) is 2.97. The molecule has 0 unspecified atom stereocenters. The standard InChI is InChI=1S/C12H15N3O3/c1-15(7-10(17)14-8-4-5-8)12(18)11-9(16)3-2-6-13-11/h2-3,6,8,16H,4-5,7H2,1H3,(H,14,17). The summed E-state index contributed by atoms with van der Waals surface area (Å²) in [5, 5.41) is 12.3. The number of amides is 2. The number of pyridine rings is 1. The van der Waals surface area contributed by atoms with Crippen molar-refractivity contribution in [1.29, 1.82) is 0 Å². The van der Waals surface area contributed by atoms with Gasteiger partial charge in [0.05, 0.1) is 6.54 Å². The predicted molar refractivity (Wildman–Crippen MR) is 64.0 cm³/mol. The van der Waals surface area contributed by atoms with Crippen LogP contribution in [0.1, 0.15) is 23.3 Å². The third-order valence-electron chi connectivity index (χ3n) is 2.66. The van der Waals surface area contributed by atoms with E-state index in [1.807, 2.05) is 0 Å². The second kappa shape index (κ2) is 5.03. The lowest BCUT2D eigenvalue weighted by Crippen LogP contribution is -2.39. The number of nitrogens with one attached hydrogen (secondary N) is 1. The van der Waals surface area contributed by atoms with Gasteiger partial charge in [-0.25, -0.2) is 4.98 Å². The predicted octanol–water partition coefficient (Wildman–Crippen LogP) is 0.138. The van der Waals surface area contributed by atoms with Gasteiger partial charge in [0, 0.05) is 19.3 Å². The molecule has 0 aromatic carbocycles. The number of carbonyl (C=O) groups is 2. The van der Waals surface area contributed by atoms with E-state index >= 15 is 0 Å². The first-order chi connectivity index (χ1) is 8.58. The number of nitrogens with zero attached hydrogens (tertiary/aromatic N) is 2. The van der Waals surface area contributed by atoms with Crippen LogP contribution in [-0.2, 0) is 4.79 Å². The maximum Gasteiger partial charge on any atom is 0.276 e. The van der Waals surface area contributed by atoms with Gasteiger partial charge in [-0.3, -0.25) is 9.59 Å². The van der Waals surface area contributed by atoms with Gasteiger partial charge in [0.2, 0.25) is 5.91 Å². The summed E-state index contributed by atoms with van der Waals surface area (Å²) in [6, 6.07) is 3.19. The van der Waals surface area contributed by atoms with Crippen LogP contribution >= 0.6 is 0 Å².